The zero-order valence-corrected chi connectivity index (χ0v) is 18.8. The van der Waals surface area contributed by atoms with Gasteiger partial charge >= 0.3 is 5.97 Å². The molecule has 7 heteroatoms. The van der Waals surface area contributed by atoms with Crippen molar-refractivity contribution in [3.8, 4) is 0 Å². The summed E-state index contributed by atoms with van der Waals surface area (Å²) in [5.41, 5.74) is 0.673. The fourth-order valence-electron chi connectivity index (χ4n) is 4.39. The van der Waals surface area contributed by atoms with Crippen molar-refractivity contribution in [2.24, 2.45) is 11.8 Å². The summed E-state index contributed by atoms with van der Waals surface area (Å²) in [7, 11) is 0. The number of aromatic nitrogens is 1. The number of aliphatic carboxylic acids is 1. The Morgan fingerprint density at radius 1 is 1.10 bits per heavy atom. The second-order valence-electron chi connectivity index (χ2n) is 8.64. The van der Waals surface area contributed by atoms with E-state index >= 15 is 0 Å². The number of rotatable bonds is 9. The number of carbonyl (C=O) groups excluding carboxylic acids is 1. The molecule has 1 aromatic rings. The minimum atomic E-state index is -0.664. The number of pyridine rings is 1. The second-order valence-corrected chi connectivity index (χ2v) is 9.73. The summed E-state index contributed by atoms with van der Waals surface area (Å²) in [6.07, 6.45) is 10.2. The lowest BCUT2D eigenvalue weighted by atomic mass is 9.82. The van der Waals surface area contributed by atoms with Crippen molar-refractivity contribution < 1.29 is 14.7 Å². The molecular formula is C23H35N3O3S. The molecule has 2 fully saturated rings. The number of amides is 1. The topological polar surface area (TPSA) is 91.3 Å². The number of hydrogen-bond acceptors (Lipinski definition) is 5. The minimum Gasteiger partial charge on any atom is -0.481 e. The molecule has 0 atom stereocenters. The van der Waals surface area contributed by atoms with Gasteiger partial charge in [0.25, 0.3) is 5.91 Å². The maximum Gasteiger partial charge on any atom is 0.306 e. The predicted octanol–water partition coefficient (Wildman–Crippen LogP) is 4.95. The van der Waals surface area contributed by atoms with Crippen LogP contribution in [0.15, 0.2) is 17.2 Å². The molecule has 0 radical (unpaired) electrons. The number of nitrogens with zero attached hydrogens (tertiary/aromatic N) is 1. The van der Waals surface area contributed by atoms with Crippen LogP contribution in [-0.2, 0) is 4.79 Å². The molecule has 2 aliphatic rings. The van der Waals surface area contributed by atoms with Gasteiger partial charge in [0, 0.05) is 12.6 Å². The third-order valence-corrected chi connectivity index (χ3v) is 7.45. The standard InChI is InChI=1S/C23H35N3O3S/c1-2-14-30-22-19(21(27)25-18-6-4-3-5-7-18)12-13-20(26-22)24-15-16-8-10-17(11-9-16)23(28)29/h12-13,16-18H,2-11,14-15H2,1H3,(H,24,26)(H,25,27)(H,28,29)/t16-,17-. The normalized spacial score (nSPS) is 22.4. The molecule has 30 heavy (non-hydrogen) atoms. The van der Waals surface area contributed by atoms with Gasteiger partial charge in [-0.25, -0.2) is 4.98 Å². The third-order valence-electron chi connectivity index (χ3n) is 6.26. The highest BCUT2D eigenvalue weighted by molar-refractivity contribution is 7.99. The maximum absolute atomic E-state index is 12.9. The molecule has 0 bridgehead atoms. The van der Waals surface area contributed by atoms with Crippen LogP contribution in [0.3, 0.4) is 0 Å². The largest absolute Gasteiger partial charge is 0.481 e. The molecule has 0 spiro atoms. The van der Waals surface area contributed by atoms with Gasteiger partial charge in [-0.15, -0.1) is 11.8 Å². The average molecular weight is 434 g/mol. The van der Waals surface area contributed by atoms with Gasteiger partial charge in [-0.1, -0.05) is 26.2 Å². The highest BCUT2D eigenvalue weighted by Gasteiger charge is 2.26. The van der Waals surface area contributed by atoms with Crippen LogP contribution in [0.1, 0.15) is 81.5 Å². The van der Waals surface area contributed by atoms with E-state index in [2.05, 4.69) is 17.6 Å². The van der Waals surface area contributed by atoms with E-state index in [0.717, 1.165) is 68.1 Å². The first-order valence-electron chi connectivity index (χ1n) is 11.5. The number of anilines is 1. The van der Waals surface area contributed by atoms with Crippen molar-refractivity contribution in [2.75, 3.05) is 17.6 Å². The summed E-state index contributed by atoms with van der Waals surface area (Å²) in [5, 5.41) is 16.6. The lowest BCUT2D eigenvalue weighted by Gasteiger charge is -2.26. The van der Waals surface area contributed by atoms with Gasteiger partial charge in [-0.3, -0.25) is 9.59 Å². The van der Waals surface area contributed by atoms with Crippen LogP contribution < -0.4 is 10.6 Å². The molecule has 3 rings (SSSR count). The Morgan fingerprint density at radius 3 is 2.50 bits per heavy atom. The average Bonchev–Trinajstić information content (AvgIpc) is 2.77. The molecule has 0 unspecified atom stereocenters. The molecule has 2 saturated carbocycles. The number of carbonyl (C=O) groups is 2. The summed E-state index contributed by atoms with van der Waals surface area (Å²) in [6, 6.07) is 4.08. The maximum atomic E-state index is 12.9. The minimum absolute atomic E-state index is 0.00783. The van der Waals surface area contributed by atoms with Gasteiger partial charge in [0.2, 0.25) is 0 Å². The predicted molar refractivity (Wildman–Crippen MR) is 121 cm³/mol. The van der Waals surface area contributed by atoms with Gasteiger partial charge < -0.3 is 15.7 Å². The molecular weight excluding hydrogens is 398 g/mol. The molecule has 2 aliphatic carbocycles. The van der Waals surface area contributed by atoms with Crippen molar-refractivity contribution >= 4 is 29.5 Å². The van der Waals surface area contributed by atoms with Crippen LogP contribution in [0.2, 0.25) is 0 Å². The van der Waals surface area contributed by atoms with Gasteiger partial charge in [0.05, 0.1) is 11.5 Å². The van der Waals surface area contributed by atoms with Crippen molar-refractivity contribution in [2.45, 2.75) is 82.2 Å². The summed E-state index contributed by atoms with van der Waals surface area (Å²) in [5.74, 6) is 1.35. The monoisotopic (exact) mass is 433 g/mol. The van der Waals surface area contributed by atoms with E-state index in [1.807, 2.05) is 12.1 Å². The number of carboxylic acid groups (broad SMARTS) is 1. The number of carboxylic acids is 1. The fraction of sp³-hybridized carbons (Fsp3) is 0.696. The lowest BCUT2D eigenvalue weighted by molar-refractivity contribution is -0.143. The Labute approximate surface area is 184 Å². The zero-order valence-electron chi connectivity index (χ0n) is 18.0. The van der Waals surface area contributed by atoms with Crippen LogP contribution >= 0.6 is 11.8 Å². The second kappa shape index (κ2) is 11.6. The number of hydrogen-bond donors (Lipinski definition) is 3. The Morgan fingerprint density at radius 2 is 1.83 bits per heavy atom. The highest BCUT2D eigenvalue weighted by Crippen LogP contribution is 2.30. The van der Waals surface area contributed by atoms with Crippen LogP contribution in [0, 0.1) is 11.8 Å². The van der Waals surface area contributed by atoms with E-state index in [1.54, 1.807) is 11.8 Å². The lowest BCUT2D eigenvalue weighted by Crippen LogP contribution is -2.36. The first-order valence-corrected chi connectivity index (χ1v) is 12.5. The van der Waals surface area contributed by atoms with E-state index in [1.165, 1.54) is 19.3 Å². The molecule has 6 nitrogen and oxygen atoms in total. The van der Waals surface area contributed by atoms with Crippen molar-refractivity contribution in [1.29, 1.82) is 0 Å². The van der Waals surface area contributed by atoms with Gasteiger partial charge in [-0.05, 0) is 68.7 Å². The summed E-state index contributed by atoms with van der Waals surface area (Å²) in [6.45, 7) is 2.93. The van der Waals surface area contributed by atoms with Crippen LogP contribution in [0.5, 0.6) is 0 Å². The smallest absolute Gasteiger partial charge is 0.306 e. The molecule has 1 amide bonds. The Hall–Kier alpha value is -1.76. The van der Waals surface area contributed by atoms with E-state index in [0.29, 0.717) is 11.5 Å². The SMILES string of the molecule is CCCSc1nc(NC[C@H]2CC[C@H](C(=O)O)CC2)ccc1C(=O)NC1CCCCC1. The van der Waals surface area contributed by atoms with E-state index in [-0.39, 0.29) is 17.9 Å². The van der Waals surface area contributed by atoms with Gasteiger partial charge in [-0.2, -0.15) is 0 Å². The molecule has 1 aromatic heterocycles. The molecule has 1 heterocycles. The quantitative estimate of drug-likeness (QED) is 0.477. The Kier molecular flexibility index (Phi) is 8.85. The molecule has 3 N–H and O–H groups in total. The zero-order chi connectivity index (χ0) is 21.3. The Bertz CT molecular complexity index is 714. The van der Waals surface area contributed by atoms with Gasteiger partial charge in [0.1, 0.15) is 10.8 Å². The molecule has 0 aliphatic heterocycles. The fourth-order valence-corrected chi connectivity index (χ4v) is 5.27. The first-order chi connectivity index (χ1) is 14.6. The summed E-state index contributed by atoms with van der Waals surface area (Å²) in [4.78, 5) is 28.7. The highest BCUT2D eigenvalue weighted by atomic mass is 32.2. The van der Waals surface area contributed by atoms with Crippen molar-refractivity contribution in [3.05, 3.63) is 17.7 Å². The van der Waals surface area contributed by atoms with E-state index < -0.39 is 5.97 Å². The molecule has 0 saturated heterocycles. The summed E-state index contributed by atoms with van der Waals surface area (Å²) < 4.78 is 0. The van der Waals surface area contributed by atoms with Crippen LogP contribution in [-0.4, -0.2) is 40.3 Å². The van der Waals surface area contributed by atoms with E-state index in [4.69, 9.17) is 10.1 Å². The van der Waals surface area contributed by atoms with Crippen LogP contribution in [0.4, 0.5) is 5.82 Å². The third kappa shape index (κ3) is 6.62. The van der Waals surface area contributed by atoms with Crippen molar-refractivity contribution in [1.82, 2.24) is 10.3 Å². The number of thioether (sulfide) groups is 1. The van der Waals surface area contributed by atoms with Crippen molar-refractivity contribution in [3.63, 3.8) is 0 Å². The summed E-state index contributed by atoms with van der Waals surface area (Å²) >= 11 is 1.64. The first kappa shape index (κ1) is 22.9. The Balaban J connectivity index is 1.59. The van der Waals surface area contributed by atoms with Crippen LogP contribution in [0.25, 0.3) is 0 Å². The number of nitrogens with one attached hydrogen (secondary N) is 2. The van der Waals surface area contributed by atoms with E-state index in [9.17, 15) is 9.59 Å². The molecule has 0 aromatic carbocycles. The van der Waals surface area contributed by atoms with Gasteiger partial charge in [0.15, 0.2) is 0 Å². The molecule has 166 valence electrons.